The summed E-state index contributed by atoms with van der Waals surface area (Å²) in [6, 6.07) is 4.79. The van der Waals surface area contributed by atoms with Gasteiger partial charge < -0.3 is 5.32 Å². The SMILES string of the molecule is CNC(C)c1nnn(-c2ccc(F)cc2C)c1C. The second-order valence-electron chi connectivity index (χ2n) is 4.41. The Hall–Kier alpha value is -1.75. The molecule has 18 heavy (non-hydrogen) atoms. The van der Waals surface area contributed by atoms with Crippen molar-refractivity contribution in [2.75, 3.05) is 7.05 Å². The van der Waals surface area contributed by atoms with Gasteiger partial charge in [0, 0.05) is 0 Å². The van der Waals surface area contributed by atoms with Crippen molar-refractivity contribution in [2.45, 2.75) is 26.8 Å². The number of benzene rings is 1. The predicted octanol–water partition coefficient (Wildman–Crippen LogP) is 2.30. The Kier molecular flexibility index (Phi) is 3.43. The van der Waals surface area contributed by atoms with Gasteiger partial charge in [0.15, 0.2) is 0 Å². The molecule has 1 N–H and O–H groups in total. The summed E-state index contributed by atoms with van der Waals surface area (Å²) >= 11 is 0. The van der Waals surface area contributed by atoms with E-state index in [0.29, 0.717) is 0 Å². The molecule has 1 aromatic carbocycles. The van der Waals surface area contributed by atoms with Crippen LogP contribution in [0.4, 0.5) is 4.39 Å². The first-order valence-corrected chi connectivity index (χ1v) is 5.90. The van der Waals surface area contributed by atoms with Gasteiger partial charge in [0.1, 0.15) is 11.5 Å². The van der Waals surface area contributed by atoms with Gasteiger partial charge in [-0.05, 0) is 51.6 Å². The van der Waals surface area contributed by atoms with E-state index in [2.05, 4.69) is 15.6 Å². The molecule has 0 radical (unpaired) electrons. The molecule has 0 aliphatic heterocycles. The molecule has 0 spiro atoms. The minimum absolute atomic E-state index is 0.138. The van der Waals surface area contributed by atoms with Crippen LogP contribution < -0.4 is 5.32 Å². The molecule has 0 aliphatic carbocycles. The van der Waals surface area contributed by atoms with Crippen LogP contribution in [-0.4, -0.2) is 22.0 Å². The van der Waals surface area contributed by atoms with Crippen molar-refractivity contribution in [1.82, 2.24) is 20.3 Å². The summed E-state index contributed by atoms with van der Waals surface area (Å²) in [5.41, 5.74) is 3.57. The van der Waals surface area contributed by atoms with Crippen molar-refractivity contribution in [3.05, 3.63) is 41.0 Å². The molecule has 0 fully saturated rings. The average molecular weight is 248 g/mol. The van der Waals surface area contributed by atoms with E-state index in [4.69, 9.17) is 0 Å². The van der Waals surface area contributed by atoms with Gasteiger partial charge in [-0.15, -0.1) is 5.10 Å². The molecule has 96 valence electrons. The topological polar surface area (TPSA) is 42.7 Å². The fraction of sp³-hybridized carbons (Fsp3) is 0.385. The van der Waals surface area contributed by atoms with Gasteiger partial charge in [-0.1, -0.05) is 5.21 Å². The van der Waals surface area contributed by atoms with E-state index in [1.807, 2.05) is 27.8 Å². The van der Waals surface area contributed by atoms with Crippen LogP contribution in [0.15, 0.2) is 18.2 Å². The number of rotatable bonds is 3. The summed E-state index contributed by atoms with van der Waals surface area (Å²) in [6.07, 6.45) is 0. The van der Waals surface area contributed by atoms with Crippen LogP contribution in [0.5, 0.6) is 0 Å². The third kappa shape index (κ3) is 2.13. The number of aromatic nitrogens is 3. The predicted molar refractivity (Wildman–Crippen MR) is 68.3 cm³/mol. The van der Waals surface area contributed by atoms with Gasteiger partial charge in [0.25, 0.3) is 0 Å². The van der Waals surface area contributed by atoms with Crippen LogP contribution in [0.25, 0.3) is 5.69 Å². The third-order valence-corrected chi connectivity index (χ3v) is 3.16. The van der Waals surface area contributed by atoms with Gasteiger partial charge in [-0.2, -0.15) is 0 Å². The van der Waals surface area contributed by atoms with Gasteiger partial charge in [0.05, 0.1) is 17.4 Å². The number of hydrogen-bond acceptors (Lipinski definition) is 3. The van der Waals surface area contributed by atoms with E-state index < -0.39 is 0 Å². The van der Waals surface area contributed by atoms with Gasteiger partial charge in [-0.25, -0.2) is 9.07 Å². The zero-order chi connectivity index (χ0) is 13.3. The first-order valence-electron chi connectivity index (χ1n) is 5.90. The molecular weight excluding hydrogens is 231 g/mol. The quantitative estimate of drug-likeness (QED) is 0.906. The van der Waals surface area contributed by atoms with Crippen LogP contribution in [-0.2, 0) is 0 Å². The smallest absolute Gasteiger partial charge is 0.123 e. The highest BCUT2D eigenvalue weighted by Gasteiger charge is 2.15. The minimum atomic E-state index is -0.238. The van der Waals surface area contributed by atoms with Crippen molar-refractivity contribution in [1.29, 1.82) is 0 Å². The van der Waals surface area contributed by atoms with E-state index in [-0.39, 0.29) is 11.9 Å². The molecule has 0 bridgehead atoms. The van der Waals surface area contributed by atoms with Crippen LogP contribution >= 0.6 is 0 Å². The van der Waals surface area contributed by atoms with Crippen LogP contribution in [0.2, 0.25) is 0 Å². The zero-order valence-electron chi connectivity index (χ0n) is 11.0. The van der Waals surface area contributed by atoms with E-state index >= 15 is 0 Å². The van der Waals surface area contributed by atoms with Crippen molar-refractivity contribution in [3.8, 4) is 5.69 Å². The largest absolute Gasteiger partial charge is 0.312 e. The van der Waals surface area contributed by atoms with Crippen LogP contribution in [0.1, 0.15) is 29.9 Å². The molecular formula is C13H17FN4. The number of aryl methyl sites for hydroxylation is 1. The third-order valence-electron chi connectivity index (χ3n) is 3.16. The molecule has 1 heterocycles. The summed E-state index contributed by atoms with van der Waals surface area (Å²) in [6.45, 7) is 5.85. The minimum Gasteiger partial charge on any atom is -0.312 e. The van der Waals surface area contributed by atoms with Crippen LogP contribution in [0, 0.1) is 19.7 Å². The molecule has 0 amide bonds. The Morgan fingerprint density at radius 3 is 2.67 bits per heavy atom. The average Bonchev–Trinajstić information content (AvgIpc) is 2.70. The van der Waals surface area contributed by atoms with E-state index in [9.17, 15) is 4.39 Å². The van der Waals surface area contributed by atoms with Crippen molar-refractivity contribution in [2.24, 2.45) is 0 Å². The number of nitrogens with zero attached hydrogens (tertiary/aromatic N) is 3. The zero-order valence-corrected chi connectivity index (χ0v) is 11.0. The highest BCUT2D eigenvalue weighted by Crippen LogP contribution is 2.20. The van der Waals surface area contributed by atoms with Crippen molar-refractivity contribution in [3.63, 3.8) is 0 Å². The molecule has 1 atom stereocenters. The fourth-order valence-electron chi connectivity index (χ4n) is 1.96. The second kappa shape index (κ2) is 4.86. The summed E-state index contributed by atoms with van der Waals surface area (Å²) in [7, 11) is 1.88. The molecule has 1 unspecified atom stereocenters. The van der Waals surface area contributed by atoms with Gasteiger partial charge in [-0.3, -0.25) is 0 Å². The second-order valence-corrected chi connectivity index (χ2v) is 4.41. The molecule has 4 nitrogen and oxygen atoms in total. The molecule has 0 aliphatic rings. The Morgan fingerprint density at radius 1 is 1.33 bits per heavy atom. The van der Waals surface area contributed by atoms with Gasteiger partial charge in [0.2, 0.25) is 0 Å². The summed E-state index contributed by atoms with van der Waals surface area (Å²) < 4.78 is 14.8. The maximum Gasteiger partial charge on any atom is 0.123 e. The Bertz CT molecular complexity index is 562. The van der Waals surface area contributed by atoms with Crippen molar-refractivity contribution < 1.29 is 4.39 Å². The molecule has 2 rings (SSSR count). The standard InChI is InChI=1S/C13H17FN4/c1-8-7-11(14)5-6-12(8)18-10(3)13(16-17-18)9(2)15-4/h5-7,9,15H,1-4H3. The molecule has 2 aromatic rings. The lowest BCUT2D eigenvalue weighted by atomic mass is 10.1. The van der Waals surface area contributed by atoms with E-state index in [1.165, 1.54) is 12.1 Å². The summed E-state index contributed by atoms with van der Waals surface area (Å²) in [5.74, 6) is -0.238. The molecule has 5 heteroatoms. The lowest BCUT2D eigenvalue weighted by Crippen LogP contribution is -2.14. The lowest BCUT2D eigenvalue weighted by molar-refractivity contribution is 0.625. The van der Waals surface area contributed by atoms with E-state index in [0.717, 1.165) is 22.6 Å². The number of nitrogens with one attached hydrogen (secondary N) is 1. The Labute approximate surface area is 106 Å². The lowest BCUT2D eigenvalue weighted by Gasteiger charge is -2.10. The van der Waals surface area contributed by atoms with Gasteiger partial charge >= 0.3 is 0 Å². The monoisotopic (exact) mass is 248 g/mol. The maximum atomic E-state index is 13.1. The Morgan fingerprint density at radius 2 is 2.06 bits per heavy atom. The molecule has 0 saturated carbocycles. The fourth-order valence-corrected chi connectivity index (χ4v) is 1.96. The number of halogens is 1. The van der Waals surface area contributed by atoms with Crippen molar-refractivity contribution >= 4 is 0 Å². The first-order chi connectivity index (χ1) is 8.54. The number of hydrogen-bond donors (Lipinski definition) is 1. The molecule has 1 aromatic heterocycles. The molecule has 0 saturated heterocycles. The normalized spacial score (nSPS) is 12.7. The van der Waals surface area contributed by atoms with E-state index in [1.54, 1.807) is 10.7 Å². The highest BCUT2D eigenvalue weighted by molar-refractivity contribution is 5.41. The summed E-state index contributed by atoms with van der Waals surface area (Å²) in [5, 5.41) is 11.5. The highest BCUT2D eigenvalue weighted by atomic mass is 19.1. The Balaban J connectivity index is 2.49. The first kappa shape index (κ1) is 12.7. The maximum absolute atomic E-state index is 13.1. The van der Waals surface area contributed by atoms with Crippen LogP contribution in [0.3, 0.4) is 0 Å². The summed E-state index contributed by atoms with van der Waals surface area (Å²) in [4.78, 5) is 0.